The Kier molecular flexibility index (Phi) is 11.3. The van der Waals surface area contributed by atoms with Crippen LogP contribution in [0.25, 0.3) is 0 Å². The summed E-state index contributed by atoms with van der Waals surface area (Å²) in [7, 11) is 1.82. The van der Waals surface area contributed by atoms with Crippen molar-refractivity contribution >= 4 is 29.9 Å². The van der Waals surface area contributed by atoms with E-state index in [0.29, 0.717) is 12.1 Å². The van der Waals surface area contributed by atoms with E-state index in [9.17, 15) is 0 Å². The van der Waals surface area contributed by atoms with E-state index in [-0.39, 0.29) is 24.0 Å². The zero-order valence-corrected chi connectivity index (χ0v) is 20.2. The molecule has 0 spiro atoms. The number of ether oxygens (including phenoxy) is 2. The molecular weight excluding hydrogens is 479 g/mol. The van der Waals surface area contributed by atoms with Crippen molar-refractivity contribution in [1.29, 1.82) is 0 Å². The van der Waals surface area contributed by atoms with Crippen LogP contribution in [0.5, 0.6) is 0 Å². The Labute approximate surface area is 192 Å². The molecule has 2 unspecified atom stereocenters. The van der Waals surface area contributed by atoms with Crippen LogP contribution in [-0.2, 0) is 22.4 Å². The first-order valence-corrected chi connectivity index (χ1v) is 10.7. The first kappa shape index (κ1) is 24.4. The molecule has 6 nitrogen and oxygen atoms in total. The third-order valence-electron chi connectivity index (χ3n) is 5.66. The summed E-state index contributed by atoms with van der Waals surface area (Å²) < 4.78 is 11.3. The molecule has 1 aromatic rings. The quantitative estimate of drug-likeness (QED) is 0.229. The first-order valence-electron chi connectivity index (χ1n) is 10.7. The van der Waals surface area contributed by atoms with Crippen LogP contribution in [0.2, 0.25) is 0 Å². The predicted molar refractivity (Wildman–Crippen MR) is 129 cm³/mol. The number of halogens is 1. The number of rotatable bonds is 9. The molecule has 0 bridgehead atoms. The highest BCUT2D eigenvalue weighted by molar-refractivity contribution is 14.0. The summed E-state index contributed by atoms with van der Waals surface area (Å²) in [4.78, 5) is 6.88. The molecule has 2 aliphatic heterocycles. The maximum atomic E-state index is 5.71. The molecule has 7 heteroatoms. The monoisotopic (exact) mass is 516 g/mol. The number of aliphatic imine (C=N–C) groups is 1. The topological polar surface area (TPSA) is 58.1 Å². The fourth-order valence-corrected chi connectivity index (χ4v) is 3.86. The van der Waals surface area contributed by atoms with E-state index in [4.69, 9.17) is 9.47 Å². The van der Waals surface area contributed by atoms with Crippen LogP contribution in [0, 0.1) is 0 Å². The molecule has 29 heavy (non-hydrogen) atoms. The molecule has 0 radical (unpaired) electrons. The van der Waals surface area contributed by atoms with Crippen LogP contribution >= 0.6 is 24.0 Å². The third-order valence-corrected chi connectivity index (χ3v) is 5.66. The lowest BCUT2D eigenvalue weighted by molar-refractivity contribution is 0.0168. The molecule has 0 amide bonds. The highest BCUT2D eigenvalue weighted by atomic mass is 127. The standard InChI is InChI=1S/C22H36N4O2.HI/c1-18(26-12-10-19-7-3-4-8-20(19)16-26)15-25-22(23-2)24-11-6-13-27-17-21-9-5-14-28-21;/h3-4,7-8,18,21H,5-6,9-17H2,1-2H3,(H2,23,24,25);1H. The number of fused-ring (bicyclic) bond motifs is 1. The van der Waals surface area contributed by atoms with Crippen molar-refractivity contribution in [2.24, 2.45) is 4.99 Å². The SMILES string of the molecule is CN=C(NCCCOCC1CCCO1)NCC(C)N1CCc2ccccc2C1.I. The van der Waals surface area contributed by atoms with Crippen molar-refractivity contribution in [3.63, 3.8) is 0 Å². The lowest BCUT2D eigenvalue weighted by Crippen LogP contribution is -2.47. The van der Waals surface area contributed by atoms with Gasteiger partial charge in [-0.3, -0.25) is 9.89 Å². The van der Waals surface area contributed by atoms with Crippen LogP contribution in [0.4, 0.5) is 0 Å². The summed E-state index contributed by atoms with van der Waals surface area (Å²) in [6, 6.07) is 9.25. The Balaban J connectivity index is 0.00000300. The van der Waals surface area contributed by atoms with Crippen molar-refractivity contribution in [2.75, 3.05) is 46.5 Å². The van der Waals surface area contributed by atoms with E-state index in [1.807, 2.05) is 7.05 Å². The molecule has 3 rings (SSSR count). The van der Waals surface area contributed by atoms with Gasteiger partial charge in [-0.15, -0.1) is 24.0 Å². The molecule has 2 heterocycles. The minimum absolute atomic E-state index is 0. The van der Waals surface area contributed by atoms with Crippen LogP contribution in [0.15, 0.2) is 29.3 Å². The number of guanidine groups is 1. The highest BCUT2D eigenvalue weighted by Crippen LogP contribution is 2.19. The van der Waals surface area contributed by atoms with E-state index in [2.05, 4.69) is 51.7 Å². The number of hydrogen-bond donors (Lipinski definition) is 2. The van der Waals surface area contributed by atoms with Gasteiger partial charge < -0.3 is 20.1 Å². The van der Waals surface area contributed by atoms with Crippen LogP contribution in [-0.4, -0.2) is 69.5 Å². The Hall–Kier alpha value is -0.900. The second kappa shape index (κ2) is 13.4. The summed E-state index contributed by atoms with van der Waals surface area (Å²) in [6.07, 6.45) is 4.71. The van der Waals surface area contributed by atoms with Gasteiger partial charge in [-0.25, -0.2) is 0 Å². The van der Waals surface area contributed by atoms with E-state index in [1.165, 1.54) is 17.5 Å². The molecule has 164 valence electrons. The highest BCUT2D eigenvalue weighted by Gasteiger charge is 2.20. The fraction of sp³-hybridized carbons (Fsp3) is 0.682. The van der Waals surface area contributed by atoms with Gasteiger partial charge in [0, 0.05) is 52.5 Å². The van der Waals surface area contributed by atoms with E-state index < -0.39 is 0 Å². The average Bonchev–Trinajstić information content (AvgIpc) is 3.25. The molecule has 0 aromatic heterocycles. The zero-order valence-electron chi connectivity index (χ0n) is 17.9. The fourth-order valence-electron chi connectivity index (χ4n) is 3.86. The number of nitrogens with one attached hydrogen (secondary N) is 2. The van der Waals surface area contributed by atoms with Crippen molar-refractivity contribution in [2.45, 2.75) is 51.3 Å². The van der Waals surface area contributed by atoms with E-state index in [1.54, 1.807) is 0 Å². The second-order valence-electron chi connectivity index (χ2n) is 7.78. The summed E-state index contributed by atoms with van der Waals surface area (Å²) >= 11 is 0. The molecular formula is C22H37IN4O2. The first-order chi connectivity index (χ1) is 13.8. The molecule has 1 aromatic carbocycles. The molecule has 2 aliphatic rings. The molecule has 2 N–H and O–H groups in total. The van der Waals surface area contributed by atoms with Gasteiger partial charge in [0.15, 0.2) is 5.96 Å². The summed E-state index contributed by atoms with van der Waals surface area (Å²) in [5, 5.41) is 6.84. The van der Waals surface area contributed by atoms with Gasteiger partial charge in [-0.05, 0) is 43.7 Å². The number of hydrogen-bond acceptors (Lipinski definition) is 4. The van der Waals surface area contributed by atoms with Gasteiger partial charge in [0.1, 0.15) is 0 Å². The number of nitrogens with zero attached hydrogens (tertiary/aromatic N) is 2. The Morgan fingerprint density at radius 1 is 1.31 bits per heavy atom. The maximum Gasteiger partial charge on any atom is 0.191 e. The van der Waals surface area contributed by atoms with Crippen molar-refractivity contribution in [3.05, 3.63) is 35.4 Å². The minimum atomic E-state index is 0. The number of benzene rings is 1. The third kappa shape index (κ3) is 8.03. The van der Waals surface area contributed by atoms with Crippen molar-refractivity contribution in [1.82, 2.24) is 15.5 Å². The van der Waals surface area contributed by atoms with Gasteiger partial charge in [-0.1, -0.05) is 24.3 Å². The van der Waals surface area contributed by atoms with Gasteiger partial charge in [0.05, 0.1) is 12.7 Å². The lowest BCUT2D eigenvalue weighted by atomic mass is 9.99. The molecule has 0 saturated carbocycles. The van der Waals surface area contributed by atoms with E-state index >= 15 is 0 Å². The van der Waals surface area contributed by atoms with Crippen LogP contribution in [0.1, 0.15) is 37.3 Å². The Bertz CT molecular complexity index is 623. The van der Waals surface area contributed by atoms with Crippen molar-refractivity contribution in [3.8, 4) is 0 Å². The largest absolute Gasteiger partial charge is 0.379 e. The predicted octanol–water partition coefficient (Wildman–Crippen LogP) is 2.80. The van der Waals surface area contributed by atoms with Gasteiger partial charge in [0.2, 0.25) is 0 Å². The molecule has 0 aliphatic carbocycles. The molecule has 2 atom stereocenters. The van der Waals surface area contributed by atoms with Gasteiger partial charge in [0.25, 0.3) is 0 Å². The normalized spacial score (nSPS) is 20.6. The van der Waals surface area contributed by atoms with E-state index in [0.717, 1.165) is 71.2 Å². The van der Waals surface area contributed by atoms with Crippen molar-refractivity contribution < 1.29 is 9.47 Å². The Morgan fingerprint density at radius 3 is 2.90 bits per heavy atom. The van der Waals surface area contributed by atoms with Gasteiger partial charge in [-0.2, -0.15) is 0 Å². The van der Waals surface area contributed by atoms with Crippen LogP contribution in [0.3, 0.4) is 0 Å². The molecule has 1 saturated heterocycles. The summed E-state index contributed by atoms with van der Waals surface area (Å²) in [5.74, 6) is 0.864. The Morgan fingerprint density at radius 2 is 2.14 bits per heavy atom. The van der Waals surface area contributed by atoms with Crippen LogP contribution < -0.4 is 10.6 Å². The van der Waals surface area contributed by atoms with Gasteiger partial charge >= 0.3 is 0 Å². The average molecular weight is 516 g/mol. The summed E-state index contributed by atoms with van der Waals surface area (Å²) in [6.45, 7) is 8.55. The molecule has 1 fully saturated rings. The second-order valence-corrected chi connectivity index (χ2v) is 7.78. The minimum Gasteiger partial charge on any atom is -0.379 e. The summed E-state index contributed by atoms with van der Waals surface area (Å²) in [5.41, 5.74) is 2.96. The lowest BCUT2D eigenvalue weighted by Gasteiger charge is -2.34. The maximum absolute atomic E-state index is 5.71. The smallest absolute Gasteiger partial charge is 0.191 e. The zero-order chi connectivity index (χ0) is 19.6.